The van der Waals surface area contributed by atoms with E-state index in [4.69, 9.17) is 9.47 Å². The number of carboxylic acid groups (broad SMARTS) is 1. The number of fused-ring (bicyclic) bond motifs is 3. The molecule has 0 bridgehead atoms. The van der Waals surface area contributed by atoms with Crippen LogP contribution in [0.3, 0.4) is 0 Å². The first-order chi connectivity index (χ1) is 16.9. The highest BCUT2D eigenvalue weighted by molar-refractivity contribution is 5.87. The van der Waals surface area contributed by atoms with Crippen LogP contribution < -0.4 is 5.32 Å². The molecule has 2 aromatic rings. The molecule has 0 spiro atoms. The number of aliphatic hydroxyl groups is 1. The van der Waals surface area contributed by atoms with Gasteiger partial charge in [-0.05, 0) is 35.1 Å². The van der Waals surface area contributed by atoms with Crippen molar-refractivity contribution >= 4 is 18.0 Å². The fraction of sp³-hybridized carbons (Fsp3) is 0.423. The number of hydrogen-bond acceptors (Lipinski definition) is 6. The van der Waals surface area contributed by atoms with Gasteiger partial charge in [-0.25, -0.2) is 9.59 Å². The van der Waals surface area contributed by atoms with Gasteiger partial charge in [-0.3, -0.25) is 4.79 Å². The molecular formula is C26H28N2O7. The highest BCUT2D eigenvalue weighted by atomic mass is 16.6. The third kappa shape index (κ3) is 4.61. The average Bonchev–Trinajstić information content (AvgIpc) is 3.57. The van der Waals surface area contributed by atoms with Crippen LogP contribution in [0.4, 0.5) is 4.79 Å². The van der Waals surface area contributed by atoms with Gasteiger partial charge in [0.05, 0.1) is 12.2 Å². The van der Waals surface area contributed by atoms with Gasteiger partial charge in [0.15, 0.2) is 0 Å². The SMILES string of the molecule is O=C(NCC1CCC(C(=O)N2C[C@H](O)C[C@@H]2C(=O)O)O1)OCC1c2ccccc2-c2ccccc21. The number of carboxylic acids is 1. The van der Waals surface area contributed by atoms with E-state index in [1.807, 2.05) is 24.3 Å². The smallest absolute Gasteiger partial charge is 0.407 e. The number of nitrogens with zero attached hydrogens (tertiary/aromatic N) is 1. The standard InChI is InChI=1S/C26H28N2O7/c29-15-11-22(25(31)32)28(13-15)24(30)23-10-9-16(35-23)12-27-26(33)34-14-21-19-7-3-1-5-17(19)18-6-2-4-8-20(18)21/h1-8,15-16,21-23,29H,9-14H2,(H,27,33)(H,31,32)/t15-,16?,22-,23?/m1/s1. The Balaban J connectivity index is 1.11. The Morgan fingerprint density at radius 3 is 2.34 bits per heavy atom. The maximum Gasteiger partial charge on any atom is 0.407 e. The van der Waals surface area contributed by atoms with E-state index in [0.717, 1.165) is 22.3 Å². The summed E-state index contributed by atoms with van der Waals surface area (Å²) in [6.45, 7) is 0.379. The molecule has 2 heterocycles. The van der Waals surface area contributed by atoms with E-state index in [1.165, 1.54) is 4.90 Å². The van der Waals surface area contributed by atoms with E-state index in [9.17, 15) is 24.6 Å². The number of likely N-dealkylation sites (tertiary alicyclic amines) is 1. The van der Waals surface area contributed by atoms with E-state index >= 15 is 0 Å². The maximum absolute atomic E-state index is 12.8. The number of β-amino-alcohol motifs (C(OH)–C–C–N with tert-alkyl or cyclic N) is 1. The normalized spacial score (nSPS) is 25.2. The number of benzene rings is 2. The largest absolute Gasteiger partial charge is 0.480 e. The lowest BCUT2D eigenvalue weighted by Gasteiger charge is -2.24. The second-order valence-electron chi connectivity index (χ2n) is 9.26. The van der Waals surface area contributed by atoms with Crippen molar-refractivity contribution in [2.24, 2.45) is 0 Å². The van der Waals surface area contributed by atoms with Crippen LogP contribution in [-0.2, 0) is 19.1 Å². The lowest BCUT2D eigenvalue weighted by molar-refractivity contribution is -0.153. The number of nitrogens with one attached hydrogen (secondary N) is 1. The minimum Gasteiger partial charge on any atom is -0.480 e. The van der Waals surface area contributed by atoms with Crippen molar-refractivity contribution in [3.63, 3.8) is 0 Å². The van der Waals surface area contributed by atoms with E-state index in [0.29, 0.717) is 12.8 Å². The molecule has 3 N–H and O–H groups in total. The van der Waals surface area contributed by atoms with Gasteiger partial charge in [0, 0.05) is 25.4 Å². The first kappa shape index (κ1) is 23.3. The van der Waals surface area contributed by atoms with Crippen LogP contribution in [-0.4, -0.2) is 77.1 Å². The Hall–Kier alpha value is -3.43. The number of rotatable bonds is 6. The minimum atomic E-state index is -1.14. The Morgan fingerprint density at radius 1 is 1.03 bits per heavy atom. The Kier molecular flexibility index (Phi) is 6.44. The van der Waals surface area contributed by atoms with Crippen molar-refractivity contribution in [1.82, 2.24) is 10.2 Å². The van der Waals surface area contributed by atoms with Gasteiger partial charge in [-0.2, -0.15) is 0 Å². The van der Waals surface area contributed by atoms with Crippen molar-refractivity contribution in [3.05, 3.63) is 59.7 Å². The molecule has 0 saturated carbocycles. The van der Waals surface area contributed by atoms with Gasteiger partial charge >= 0.3 is 12.1 Å². The third-order valence-corrected chi connectivity index (χ3v) is 7.05. The molecule has 5 rings (SSSR count). The summed E-state index contributed by atoms with van der Waals surface area (Å²) in [4.78, 5) is 37.7. The molecule has 2 saturated heterocycles. The molecule has 9 nitrogen and oxygen atoms in total. The molecular weight excluding hydrogens is 452 g/mol. The fourth-order valence-electron chi connectivity index (χ4n) is 5.36. The number of carbonyl (C=O) groups is 3. The number of ether oxygens (including phenoxy) is 2. The highest BCUT2D eigenvalue weighted by Crippen LogP contribution is 2.44. The predicted octanol–water partition coefficient (Wildman–Crippen LogP) is 2.12. The number of aliphatic carboxylic acids is 1. The van der Waals surface area contributed by atoms with Crippen molar-refractivity contribution < 1.29 is 34.1 Å². The van der Waals surface area contributed by atoms with Crippen molar-refractivity contribution in [1.29, 1.82) is 0 Å². The highest BCUT2D eigenvalue weighted by Gasteiger charge is 2.43. The Morgan fingerprint density at radius 2 is 1.69 bits per heavy atom. The average molecular weight is 481 g/mol. The van der Waals surface area contributed by atoms with Crippen LogP contribution in [0, 0.1) is 0 Å². The summed E-state index contributed by atoms with van der Waals surface area (Å²) in [7, 11) is 0. The molecule has 0 radical (unpaired) electrons. The summed E-state index contributed by atoms with van der Waals surface area (Å²) in [5.74, 6) is -1.60. The van der Waals surface area contributed by atoms with Crippen molar-refractivity contribution in [2.75, 3.05) is 19.7 Å². The molecule has 2 fully saturated rings. The van der Waals surface area contributed by atoms with E-state index in [1.54, 1.807) is 0 Å². The van der Waals surface area contributed by atoms with Gasteiger partial charge in [0.25, 0.3) is 5.91 Å². The molecule has 0 aromatic heterocycles. The fourth-order valence-corrected chi connectivity index (χ4v) is 5.36. The minimum absolute atomic E-state index is 0.0144. The van der Waals surface area contributed by atoms with Crippen LogP contribution in [0.5, 0.6) is 0 Å². The number of alkyl carbamates (subject to hydrolysis) is 1. The van der Waals surface area contributed by atoms with Gasteiger partial charge in [0.1, 0.15) is 18.8 Å². The summed E-state index contributed by atoms with van der Waals surface area (Å²) in [5, 5.41) is 21.8. The molecule has 2 amide bonds. The van der Waals surface area contributed by atoms with Crippen LogP contribution in [0.15, 0.2) is 48.5 Å². The molecule has 1 aliphatic carbocycles. The van der Waals surface area contributed by atoms with Crippen LogP contribution >= 0.6 is 0 Å². The van der Waals surface area contributed by atoms with Crippen LogP contribution in [0.1, 0.15) is 36.3 Å². The third-order valence-electron chi connectivity index (χ3n) is 7.05. The second kappa shape index (κ2) is 9.67. The monoisotopic (exact) mass is 480 g/mol. The first-order valence-corrected chi connectivity index (χ1v) is 11.9. The zero-order chi connectivity index (χ0) is 24.5. The lowest BCUT2D eigenvalue weighted by atomic mass is 9.98. The summed E-state index contributed by atoms with van der Waals surface area (Å²) in [6.07, 6.45) is -1.58. The number of amides is 2. The van der Waals surface area contributed by atoms with Gasteiger partial charge in [0.2, 0.25) is 0 Å². The van der Waals surface area contributed by atoms with E-state index in [2.05, 4.69) is 29.6 Å². The maximum atomic E-state index is 12.8. The Bertz CT molecular complexity index is 1090. The topological polar surface area (TPSA) is 125 Å². The first-order valence-electron chi connectivity index (χ1n) is 11.9. The summed E-state index contributed by atoms with van der Waals surface area (Å²) < 4.78 is 11.3. The van der Waals surface area contributed by atoms with E-state index in [-0.39, 0.29) is 38.1 Å². The van der Waals surface area contributed by atoms with Crippen LogP contribution in [0.2, 0.25) is 0 Å². The lowest BCUT2D eigenvalue weighted by Crippen LogP contribution is -2.46. The number of aliphatic hydroxyl groups excluding tert-OH is 1. The van der Waals surface area contributed by atoms with Crippen molar-refractivity contribution in [2.45, 2.75) is 49.5 Å². The molecule has 2 aromatic carbocycles. The number of carbonyl (C=O) groups excluding carboxylic acids is 2. The van der Waals surface area contributed by atoms with Crippen molar-refractivity contribution in [3.8, 4) is 11.1 Å². The van der Waals surface area contributed by atoms with Gasteiger partial charge in [-0.15, -0.1) is 0 Å². The molecule has 4 atom stereocenters. The quantitative estimate of drug-likeness (QED) is 0.578. The zero-order valence-corrected chi connectivity index (χ0v) is 19.1. The Labute approximate surface area is 202 Å². The molecule has 9 heteroatoms. The summed E-state index contributed by atoms with van der Waals surface area (Å²) >= 11 is 0. The second-order valence-corrected chi connectivity index (χ2v) is 9.26. The van der Waals surface area contributed by atoms with Crippen LogP contribution in [0.25, 0.3) is 11.1 Å². The van der Waals surface area contributed by atoms with E-state index < -0.39 is 36.2 Å². The molecule has 2 unspecified atom stereocenters. The van der Waals surface area contributed by atoms with Gasteiger partial charge < -0.3 is 29.9 Å². The number of hydrogen-bond donors (Lipinski definition) is 3. The molecule has 184 valence electrons. The molecule has 35 heavy (non-hydrogen) atoms. The summed E-state index contributed by atoms with van der Waals surface area (Å²) in [6, 6.07) is 15.2. The summed E-state index contributed by atoms with van der Waals surface area (Å²) in [5.41, 5.74) is 4.58. The van der Waals surface area contributed by atoms with Gasteiger partial charge in [-0.1, -0.05) is 48.5 Å². The predicted molar refractivity (Wildman–Crippen MR) is 125 cm³/mol. The molecule has 2 aliphatic heterocycles. The zero-order valence-electron chi connectivity index (χ0n) is 19.1. The molecule has 3 aliphatic rings.